The van der Waals surface area contributed by atoms with Crippen LogP contribution in [0.5, 0.6) is 0 Å². The summed E-state index contributed by atoms with van der Waals surface area (Å²) in [6.07, 6.45) is 5.34. The molecule has 0 aliphatic carbocycles. The molecule has 0 unspecified atom stereocenters. The Bertz CT molecular complexity index is 303. The molecule has 0 heterocycles. The number of hydrogen-bond donors (Lipinski definition) is 0. The molecule has 0 N–H and O–H groups in total. The van der Waals surface area contributed by atoms with Gasteiger partial charge in [0.15, 0.2) is 0 Å². The molecular formula is C11H12Br2. The maximum atomic E-state index is 3.47. The first-order valence-electron chi connectivity index (χ1n) is 4.29. The van der Waals surface area contributed by atoms with E-state index in [-0.39, 0.29) is 0 Å². The molecule has 0 bridgehead atoms. The van der Waals surface area contributed by atoms with E-state index in [0.717, 1.165) is 16.2 Å². The number of benzene rings is 1. The lowest BCUT2D eigenvalue weighted by molar-refractivity contribution is 1.13. The molecule has 0 aliphatic heterocycles. The highest BCUT2D eigenvalue weighted by Gasteiger charge is 1.97. The molecule has 1 aromatic carbocycles. The predicted molar refractivity (Wildman–Crippen MR) is 66.3 cm³/mol. The van der Waals surface area contributed by atoms with Gasteiger partial charge in [-0.2, -0.15) is 0 Å². The van der Waals surface area contributed by atoms with Crippen molar-refractivity contribution in [2.45, 2.75) is 13.3 Å². The maximum absolute atomic E-state index is 3.47. The average Bonchev–Trinajstić information content (AvgIpc) is 2.16. The highest BCUT2D eigenvalue weighted by atomic mass is 79.9. The van der Waals surface area contributed by atoms with Gasteiger partial charge in [0.05, 0.1) is 0 Å². The molecule has 0 saturated heterocycles. The van der Waals surface area contributed by atoms with Crippen molar-refractivity contribution in [3.63, 3.8) is 0 Å². The summed E-state index contributed by atoms with van der Waals surface area (Å²) in [7, 11) is 0. The Balaban J connectivity index is 2.99. The van der Waals surface area contributed by atoms with Crippen LogP contribution in [0.3, 0.4) is 0 Å². The number of allylic oxidation sites excluding steroid dienone is 1. The second kappa shape index (κ2) is 5.61. The lowest BCUT2D eigenvalue weighted by atomic mass is 10.1. The van der Waals surface area contributed by atoms with Crippen LogP contribution in [0.4, 0.5) is 0 Å². The van der Waals surface area contributed by atoms with E-state index in [9.17, 15) is 0 Å². The number of rotatable bonds is 3. The van der Waals surface area contributed by atoms with E-state index in [2.05, 4.69) is 69.1 Å². The van der Waals surface area contributed by atoms with E-state index in [1.807, 2.05) is 0 Å². The van der Waals surface area contributed by atoms with Gasteiger partial charge < -0.3 is 0 Å². The van der Waals surface area contributed by atoms with E-state index >= 15 is 0 Å². The van der Waals surface area contributed by atoms with Crippen molar-refractivity contribution in [3.8, 4) is 0 Å². The summed E-state index contributed by atoms with van der Waals surface area (Å²) in [6.45, 7) is 2.17. The minimum Gasteiger partial charge on any atom is -0.0883 e. The molecule has 13 heavy (non-hydrogen) atoms. The van der Waals surface area contributed by atoms with Crippen molar-refractivity contribution < 1.29 is 0 Å². The molecule has 0 nitrogen and oxygen atoms in total. The summed E-state index contributed by atoms with van der Waals surface area (Å²) >= 11 is 6.84. The van der Waals surface area contributed by atoms with Crippen molar-refractivity contribution in [1.82, 2.24) is 0 Å². The minimum absolute atomic E-state index is 0.909. The number of alkyl halides is 1. The molecule has 2 heteroatoms. The minimum atomic E-state index is 0.909. The smallest absolute Gasteiger partial charge is 0.0215 e. The molecule has 70 valence electrons. The standard InChI is InChI=1S/C11H12Br2/c1-2-9-8-11(13)6-5-10(9)4-3-7-12/h3-6,8H,2,7H2,1H3. The highest BCUT2D eigenvalue weighted by Crippen LogP contribution is 2.18. The predicted octanol–water partition coefficient (Wildman–Crippen LogP) is 4.42. The maximum Gasteiger partial charge on any atom is 0.0215 e. The van der Waals surface area contributed by atoms with Gasteiger partial charge in [-0.05, 0) is 29.7 Å². The molecule has 0 atom stereocenters. The van der Waals surface area contributed by atoms with Crippen LogP contribution in [0, 0.1) is 0 Å². The van der Waals surface area contributed by atoms with Crippen molar-refractivity contribution in [3.05, 3.63) is 39.9 Å². The third kappa shape index (κ3) is 3.28. The van der Waals surface area contributed by atoms with Gasteiger partial charge in [0.2, 0.25) is 0 Å². The lowest BCUT2D eigenvalue weighted by Gasteiger charge is -2.03. The zero-order valence-corrected chi connectivity index (χ0v) is 10.7. The summed E-state index contributed by atoms with van der Waals surface area (Å²) in [5.41, 5.74) is 2.69. The number of hydrogen-bond acceptors (Lipinski definition) is 0. The first-order chi connectivity index (χ1) is 6.27. The van der Waals surface area contributed by atoms with Crippen LogP contribution in [-0.4, -0.2) is 5.33 Å². The van der Waals surface area contributed by atoms with Crippen molar-refractivity contribution >= 4 is 37.9 Å². The van der Waals surface area contributed by atoms with Gasteiger partial charge >= 0.3 is 0 Å². The molecular weight excluding hydrogens is 292 g/mol. The quantitative estimate of drug-likeness (QED) is 0.725. The van der Waals surface area contributed by atoms with Crippen molar-refractivity contribution in [2.24, 2.45) is 0 Å². The topological polar surface area (TPSA) is 0 Å². The zero-order chi connectivity index (χ0) is 9.68. The van der Waals surface area contributed by atoms with Crippen LogP contribution in [0.25, 0.3) is 6.08 Å². The summed E-state index contributed by atoms with van der Waals surface area (Å²) in [4.78, 5) is 0. The molecule has 1 aromatic rings. The summed E-state index contributed by atoms with van der Waals surface area (Å²) in [6, 6.07) is 6.39. The van der Waals surface area contributed by atoms with Crippen LogP contribution in [0.15, 0.2) is 28.7 Å². The van der Waals surface area contributed by atoms with Gasteiger partial charge in [-0.3, -0.25) is 0 Å². The van der Waals surface area contributed by atoms with Gasteiger partial charge in [-0.25, -0.2) is 0 Å². The van der Waals surface area contributed by atoms with E-state index in [1.165, 1.54) is 11.1 Å². The van der Waals surface area contributed by atoms with Gasteiger partial charge in [-0.15, -0.1) is 0 Å². The van der Waals surface area contributed by atoms with Crippen LogP contribution in [-0.2, 0) is 6.42 Å². The van der Waals surface area contributed by atoms with Gasteiger partial charge in [0, 0.05) is 9.80 Å². The first-order valence-corrected chi connectivity index (χ1v) is 6.20. The van der Waals surface area contributed by atoms with E-state index in [1.54, 1.807) is 0 Å². The molecule has 1 rings (SSSR count). The highest BCUT2D eigenvalue weighted by molar-refractivity contribution is 9.10. The van der Waals surface area contributed by atoms with E-state index in [4.69, 9.17) is 0 Å². The fourth-order valence-electron chi connectivity index (χ4n) is 1.21. The zero-order valence-electron chi connectivity index (χ0n) is 7.56. The van der Waals surface area contributed by atoms with Crippen molar-refractivity contribution in [1.29, 1.82) is 0 Å². The monoisotopic (exact) mass is 302 g/mol. The summed E-state index contributed by atoms with van der Waals surface area (Å²) < 4.78 is 1.15. The first kappa shape index (κ1) is 11.0. The molecule has 0 radical (unpaired) electrons. The van der Waals surface area contributed by atoms with Crippen LogP contribution < -0.4 is 0 Å². The normalized spacial score (nSPS) is 11.0. The summed E-state index contributed by atoms with van der Waals surface area (Å²) in [5, 5.41) is 0.909. The molecule has 0 spiro atoms. The van der Waals surface area contributed by atoms with Crippen LogP contribution >= 0.6 is 31.9 Å². The third-order valence-electron chi connectivity index (χ3n) is 1.87. The van der Waals surface area contributed by atoms with Crippen molar-refractivity contribution in [2.75, 3.05) is 5.33 Å². The fourth-order valence-corrected chi connectivity index (χ4v) is 1.81. The Morgan fingerprint density at radius 3 is 2.77 bits per heavy atom. The Labute approximate surface area is 96.3 Å². The Morgan fingerprint density at radius 2 is 2.15 bits per heavy atom. The largest absolute Gasteiger partial charge is 0.0883 e. The van der Waals surface area contributed by atoms with Gasteiger partial charge in [-0.1, -0.05) is 57.0 Å². The van der Waals surface area contributed by atoms with E-state index in [0.29, 0.717) is 0 Å². The van der Waals surface area contributed by atoms with Crippen LogP contribution in [0.1, 0.15) is 18.1 Å². The Morgan fingerprint density at radius 1 is 1.38 bits per heavy atom. The second-order valence-electron chi connectivity index (χ2n) is 2.75. The number of aryl methyl sites for hydroxylation is 1. The molecule has 0 saturated carbocycles. The second-order valence-corrected chi connectivity index (χ2v) is 4.32. The lowest BCUT2D eigenvalue weighted by Crippen LogP contribution is -1.85. The molecule has 0 amide bonds. The SMILES string of the molecule is CCc1cc(Br)ccc1C=CCBr. The molecule has 0 fully saturated rings. The van der Waals surface area contributed by atoms with Gasteiger partial charge in [0.25, 0.3) is 0 Å². The number of halogens is 2. The third-order valence-corrected chi connectivity index (χ3v) is 2.74. The molecule has 0 aliphatic rings. The van der Waals surface area contributed by atoms with Crippen LogP contribution in [0.2, 0.25) is 0 Å². The average molecular weight is 304 g/mol. The summed E-state index contributed by atoms with van der Waals surface area (Å²) in [5.74, 6) is 0. The van der Waals surface area contributed by atoms with Gasteiger partial charge in [0.1, 0.15) is 0 Å². The fraction of sp³-hybridized carbons (Fsp3) is 0.273. The molecule has 0 aromatic heterocycles. The van der Waals surface area contributed by atoms with E-state index < -0.39 is 0 Å². The Kier molecular flexibility index (Phi) is 4.74. The Hall–Kier alpha value is -0.0800.